The molecule has 0 amide bonds. The standard InChI is InChI=1S/C47H30N4O/c1-4-12-31(13-5-1)32-20-22-34(23-21-32)41-30-40(33-14-6-2-7-15-33)48-46(49-41)35-24-26-37(27-25-35)51-42-19-11-10-18-38(42)44-43(51)29-28-39-45(44)52-47(50-39)36-16-8-3-9-17-36/h1-30H. The van der Waals surface area contributed by atoms with Crippen molar-refractivity contribution < 1.29 is 4.42 Å². The molecule has 0 bridgehead atoms. The summed E-state index contributed by atoms with van der Waals surface area (Å²) in [5.41, 5.74) is 12.9. The molecule has 0 fully saturated rings. The van der Waals surface area contributed by atoms with E-state index < -0.39 is 0 Å². The fourth-order valence-electron chi connectivity index (χ4n) is 7.12. The highest BCUT2D eigenvalue weighted by molar-refractivity contribution is 6.19. The van der Waals surface area contributed by atoms with E-state index in [-0.39, 0.29) is 0 Å². The number of hydrogen-bond donors (Lipinski definition) is 0. The second kappa shape index (κ2) is 12.3. The molecule has 244 valence electrons. The summed E-state index contributed by atoms with van der Waals surface area (Å²) in [6.45, 7) is 0. The Bertz CT molecular complexity index is 2860. The van der Waals surface area contributed by atoms with Crippen LogP contribution in [-0.2, 0) is 0 Å². The maximum Gasteiger partial charge on any atom is 0.227 e. The molecule has 10 aromatic rings. The predicted octanol–water partition coefficient (Wildman–Crippen LogP) is 12.0. The van der Waals surface area contributed by atoms with Crippen molar-refractivity contribution in [2.75, 3.05) is 0 Å². The van der Waals surface area contributed by atoms with Gasteiger partial charge in [0.1, 0.15) is 5.52 Å². The lowest BCUT2D eigenvalue weighted by atomic mass is 10.0. The van der Waals surface area contributed by atoms with Crippen molar-refractivity contribution in [1.82, 2.24) is 19.5 Å². The molecule has 3 heterocycles. The van der Waals surface area contributed by atoms with E-state index in [1.807, 2.05) is 60.7 Å². The summed E-state index contributed by atoms with van der Waals surface area (Å²) < 4.78 is 8.78. The first kappa shape index (κ1) is 29.8. The van der Waals surface area contributed by atoms with Gasteiger partial charge in [-0.25, -0.2) is 15.0 Å². The van der Waals surface area contributed by atoms with Gasteiger partial charge >= 0.3 is 0 Å². The first-order chi connectivity index (χ1) is 25.8. The number of nitrogens with zero attached hydrogens (tertiary/aromatic N) is 4. The topological polar surface area (TPSA) is 56.7 Å². The maximum atomic E-state index is 6.48. The Hall–Kier alpha value is -7.11. The van der Waals surface area contributed by atoms with Crippen LogP contribution in [0.4, 0.5) is 0 Å². The SMILES string of the molecule is c1ccc(-c2ccc(-c3cc(-c4ccccc4)nc(-c4ccc(-n5c6ccccc6c6c7oc(-c8ccccc8)nc7ccc65)cc4)n3)cc2)cc1. The average molecular weight is 667 g/mol. The van der Waals surface area contributed by atoms with Crippen LogP contribution in [0.5, 0.6) is 0 Å². The quantitative estimate of drug-likeness (QED) is 0.177. The number of oxazole rings is 1. The van der Waals surface area contributed by atoms with Gasteiger partial charge in [-0.3, -0.25) is 0 Å². The minimum atomic E-state index is 0.619. The van der Waals surface area contributed by atoms with E-state index in [0.29, 0.717) is 11.7 Å². The Kier molecular flexibility index (Phi) is 7.07. The zero-order chi connectivity index (χ0) is 34.4. The van der Waals surface area contributed by atoms with Gasteiger partial charge in [0.25, 0.3) is 0 Å². The van der Waals surface area contributed by atoms with Crippen molar-refractivity contribution >= 4 is 32.9 Å². The highest BCUT2D eigenvalue weighted by atomic mass is 16.3. The summed E-state index contributed by atoms with van der Waals surface area (Å²) in [5, 5.41) is 2.17. The van der Waals surface area contributed by atoms with Crippen molar-refractivity contribution in [3.8, 4) is 62.2 Å². The van der Waals surface area contributed by atoms with Gasteiger partial charge in [0.05, 0.1) is 27.8 Å². The van der Waals surface area contributed by atoms with Crippen LogP contribution in [0.1, 0.15) is 0 Å². The lowest BCUT2D eigenvalue weighted by molar-refractivity contribution is 0.623. The van der Waals surface area contributed by atoms with Crippen LogP contribution >= 0.6 is 0 Å². The van der Waals surface area contributed by atoms with Crippen LogP contribution < -0.4 is 0 Å². The van der Waals surface area contributed by atoms with Crippen molar-refractivity contribution in [2.24, 2.45) is 0 Å². The second-order valence-electron chi connectivity index (χ2n) is 12.9. The first-order valence-corrected chi connectivity index (χ1v) is 17.4. The third-order valence-corrected chi connectivity index (χ3v) is 9.68. The molecule has 52 heavy (non-hydrogen) atoms. The molecule has 0 atom stereocenters. The summed E-state index contributed by atoms with van der Waals surface area (Å²) in [5.74, 6) is 1.29. The number of aromatic nitrogens is 4. The molecule has 0 aliphatic rings. The summed E-state index contributed by atoms with van der Waals surface area (Å²) in [6.07, 6.45) is 0. The van der Waals surface area contributed by atoms with Gasteiger partial charge < -0.3 is 8.98 Å². The van der Waals surface area contributed by atoms with Crippen LogP contribution in [0.2, 0.25) is 0 Å². The van der Waals surface area contributed by atoms with Gasteiger partial charge in [0, 0.05) is 33.3 Å². The van der Waals surface area contributed by atoms with E-state index in [2.05, 4.69) is 126 Å². The Morgan fingerprint density at radius 3 is 1.63 bits per heavy atom. The Morgan fingerprint density at radius 1 is 0.404 bits per heavy atom. The first-order valence-electron chi connectivity index (χ1n) is 17.4. The molecular formula is C47H30N4O. The second-order valence-corrected chi connectivity index (χ2v) is 12.9. The molecule has 0 aliphatic carbocycles. The van der Waals surface area contributed by atoms with Crippen LogP contribution in [-0.4, -0.2) is 19.5 Å². The van der Waals surface area contributed by atoms with Gasteiger partial charge in [-0.2, -0.15) is 0 Å². The number of benzene rings is 7. The van der Waals surface area contributed by atoms with Gasteiger partial charge in [-0.15, -0.1) is 0 Å². The predicted molar refractivity (Wildman–Crippen MR) is 211 cm³/mol. The average Bonchev–Trinajstić information content (AvgIpc) is 3.82. The van der Waals surface area contributed by atoms with Crippen LogP contribution in [0, 0.1) is 0 Å². The highest BCUT2D eigenvalue weighted by Gasteiger charge is 2.19. The van der Waals surface area contributed by atoms with Crippen molar-refractivity contribution in [3.05, 3.63) is 182 Å². The molecule has 10 rings (SSSR count). The number of rotatable bonds is 6. The number of para-hydroxylation sites is 1. The van der Waals surface area contributed by atoms with E-state index >= 15 is 0 Å². The van der Waals surface area contributed by atoms with E-state index in [0.717, 1.165) is 72.2 Å². The molecule has 5 heteroatoms. The van der Waals surface area contributed by atoms with Crippen LogP contribution in [0.25, 0.3) is 95.1 Å². The summed E-state index contributed by atoms with van der Waals surface area (Å²) >= 11 is 0. The van der Waals surface area contributed by atoms with Crippen molar-refractivity contribution in [3.63, 3.8) is 0 Å². The maximum absolute atomic E-state index is 6.48. The lowest BCUT2D eigenvalue weighted by Gasteiger charge is -2.11. The highest BCUT2D eigenvalue weighted by Crippen LogP contribution is 2.39. The van der Waals surface area contributed by atoms with Crippen molar-refractivity contribution in [1.29, 1.82) is 0 Å². The molecular weight excluding hydrogens is 637 g/mol. The molecule has 0 spiro atoms. The normalized spacial score (nSPS) is 11.5. The van der Waals surface area contributed by atoms with Gasteiger partial charge in [0.2, 0.25) is 5.89 Å². The lowest BCUT2D eigenvalue weighted by Crippen LogP contribution is -1.97. The zero-order valence-corrected chi connectivity index (χ0v) is 28.0. The van der Waals surface area contributed by atoms with E-state index in [9.17, 15) is 0 Å². The molecule has 5 nitrogen and oxygen atoms in total. The monoisotopic (exact) mass is 666 g/mol. The Labute approximate surface area is 300 Å². The van der Waals surface area contributed by atoms with Gasteiger partial charge in [-0.1, -0.05) is 121 Å². The minimum Gasteiger partial charge on any atom is -0.435 e. The van der Waals surface area contributed by atoms with Gasteiger partial charge in [-0.05, 0) is 71.8 Å². The Balaban J connectivity index is 1.07. The number of fused-ring (bicyclic) bond motifs is 5. The molecule has 0 unspecified atom stereocenters. The van der Waals surface area contributed by atoms with Crippen LogP contribution in [0.3, 0.4) is 0 Å². The largest absolute Gasteiger partial charge is 0.435 e. The zero-order valence-electron chi connectivity index (χ0n) is 28.0. The molecule has 3 aromatic heterocycles. The van der Waals surface area contributed by atoms with E-state index in [1.165, 1.54) is 11.1 Å². The fraction of sp³-hybridized carbons (Fsp3) is 0. The molecule has 0 N–H and O–H groups in total. The molecule has 7 aromatic carbocycles. The Morgan fingerprint density at radius 2 is 0.942 bits per heavy atom. The smallest absolute Gasteiger partial charge is 0.227 e. The van der Waals surface area contributed by atoms with Gasteiger partial charge in [0.15, 0.2) is 11.4 Å². The molecule has 0 saturated carbocycles. The minimum absolute atomic E-state index is 0.619. The number of hydrogen-bond acceptors (Lipinski definition) is 4. The fourth-order valence-corrected chi connectivity index (χ4v) is 7.12. The summed E-state index contributed by atoms with van der Waals surface area (Å²) in [7, 11) is 0. The third-order valence-electron chi connectivity index (χ3n) is 9.68. The van der Waals surface area contributed by atoms with E-state index in [1.54, 1.807) is 0 Å². The molecule has 0 aliphatic heterocycles. The molecule has 0 saturated heterocycles. The molecule has 0 radical (unpaired) electrons. The summed E-state index contributed by atoms with van der Waals surface area (Å²) in [6, 6.07) is 62.6. The van der Waals surface area contributed by atoms with Crippen LogP contribution in [0.15, 0.2) is 186 Å². The van der Waals surface area contributed by atoms with Crippen molar-refractivity contribution in [2.45, 2.75) is 0 Å². The van der Waals surface area contributed by atoms with E-state index in [4.69, 9.17) is 19.4 Å². The third kappa shape index (κ3) is 5.15. The summed E-state index contributed by atoms with van der Waals surface area (Å²) in [4.78, 5) is 15.1.